The third-order valence-electron chi connectivity index (χ3n) is 2.88. The molecular formula is C13H16BrN3O. The van der Waals surface area contributed by atoms with Gasteiger partial charge in [-0.05, 0) is 45.1 Å². The van der Waals surface area contributed by atoms with E-state index in [9.17, 15) is 4.79 Å². The number of likely N-dealkylation sites (N-methyl/N-ethyl adjacent to an activating group) is 1. The molecule has 0 unspecified atom stereocenters. The number of hydrogen-bond acceptors (Lipinski definition) is 2. The lowest BCUT2D eigenvalue weighted by Crippen LogP contribution is -2.20. The Hall–Kier alpha value is -1.33. The summed E-state index contributed by atoms with van der Waals surface area (Å²) in [5, 5.41) is 6.18. The number of H-pyrrole nitrogens is 1. The van der Waals surface area contributed by atoms with Crippen molar-refractivity contribution in [2.24, 2.45) is 0 Å². The van der Waals surface area contributed by atoms with Crippen LogP contribution >= 0.6 is 15.9 Å². The minimum atomic E-state index is 0.0286. The molecule has 0 aliphatic heterocycles. The van der Waals surface area contributed by atoms with Crippen molar-refractivity contribution in [3.63, 3.8) is 0 Å². The van der Waals surface area contributed by atoms with E-state index in [-0.39, 0.29) is 5.56 Å². The Morgan fingerprint density at radius 2 is 2.22 bits per heavy atom. The van der Waals surface area contributed by atoms with Gasteiger partial charge in [-0.25, -0.2) is 4.68 Å². The van der Waals surface area contributed by atoms with Gasteiger partial charge in [0.1, 0.15) is 0 Å². The van der Waals surface area contributed by atoms with Crippen LogP contribution in [0.25, 0.3) is 5.69 Å². The predicted molar refractivity (Wildman–Crippen MR) is 76.5 cm³/mol. The molecule has 4 nitrogen and oxygen atoms in total. The van der Waals surface area contributed by atoms with E-state index in [0.29, 0.717) is 0 Å². The number of nitrogens with one attached hydrogen (secondary N) is 2. The summed E-state index contributed by atoms with van der Waals surface area (Å²) in [6.07, 6.45) is 0.735. The average Bonchev–Trinajstić information content (AvgIpc) is 2.63. The van der Waals surface area contributed by atoms with Gasteiger partial charge in [-0.2, -0.15) is 0 Å². The summed E-state index contributed by atoms with van der Waals surface area (Å²) in [5.41, 5.74) is 2.63. The van der Waals surface area contributed by atoms with Crippen LogP contribution in [0.3, 0.4) is 0 Å². The summed E-state index contributed by atoms with van der Waals surface area (Å²) in [4.78, 5) is 12.3. The summed E-state index contributed by atoms with van der Waals surface area (Å²) < 4.78 is 2.54. The second-order valence-corrected chi connectivity index (χ2v) is 5.11. The molecule has 0 saturated heterocycles. The van der Waals surface area contributed by atoms with Crippen molar-refractivity contribution in [1.82, 2.24) is 15.1 Å². The predicted octanol–water partition coefficient (Wildman–Crippen LogP) is 2.00. The van der Waals surface area contributed by atoms with Crippen molar-refractivity contribution >= 4 is 15.9 Å². The molecule has 0 atom stereocenters. The maximum Gasteiger partial charge on any atom is 0.274 e. The van der Waals surface area contributed by atoms with Gasteiger partial charge in [0.05, 0.1) is 5.69 Å². The zero-order valence-corrected chi connectivity index (χ0v) is 12.0. The third-order valence-corrected chi connectivity index (χ3v) is 3.38. The van der Waals surface area contributed by atoms with Crippen molar-refractivity contribution in [1.29, 1.82) is 0 Å². The van der Waals surface area contributed by atoms with E-state index < -0.39 is 0 Å². The zero-order valence-electron chi connectivity index (χ0n) is 10.5. The Morgan fingerprint density at radius 1 is 1.44 bits per heavy atom. The van der Waals surface area contributed by atoms with Crippen LogP contribution in [0.1, 0.15) is 11.3 Å². The van der Waals surface area contributed by atoms with E-state index in [1.165, 1.54) is 0 Å². The first-order chi connectivity index (χ1) is 8.63. The summed E-state index contributed by atoms with van der Waals surface area (Å²) in [6.45, 7) is 2.73. The number of hydrogen-bond donors (Lipinski definition) is 2. The van der Waals surface area contributed by atoms with Crippen LogP contribution in [-0.2, 0) is 6.42 Å². The molecule has 0 radical (unpaired) electrons. The zero-order chi connectivity index (χ0) is 13.1. The average molecular weight is 310 g/mol. The fourth-order valence-corrected chi connectivity index (χ4v) is 2.31. The van der Waals surface area contributed by atoms with Crippen LogP contribution in [0.2, 0.25) is 0 Å². The third kappa shape index (κ3) is 2.57. The molecule has 0 amide bonds. The molecule has 2 rings (SSSR count). The van der Waals surface area contributed by atoms with E-state index in [4.69, 9.17) is 0 Å². The van der Waals surface area contributed by atoms with Crippen molar-refractivity contribution in [2.45, 2.75) is 13.3 Å². The normalized spacial score (nSPS) is 10.8. The van der Waals surface area contributed by atoms with Crippen molar-refractivity contribution in [3.05, 3.63) is 50.3 Å². The Bertz CT molecular complexity index is 601. The molecule has 2 aromatic rings. The Morgan fingerprint density at radius 3 is 2.89 bits per heavy atom. The lowest BCUT2D eigenvalue weighted by Gasteiger charge is -2.01. The topological polar surface area (TPSA) is 49.8 Å². The number of aromatic nitrogens is 2. The van der Waals surface area contributed by atoms with Crippen LogP contribution in [0.4, 0.5) is 0 Å². The molecule has 2 N–H and O–H groups in total. The van der Waals surface area contributed by atoms with Gasteiger partial charge in [0.2, 0.25) is 0 Å². The molecule has 0 bridgehead atoms. The highest BCUT2D eigenvalue weighted by molar-refractivity contribution is 9.10. The quantitative estimate of drug-likeness (QED) is 0.907. The van der Waals surface area contributed by atoms with Gasteiger partial charge in [0.15, 0.2) is 0 Å². The lowest BCUT2D eigenvalue weighted by molar-refractivity contribution is 0.783. The smallest absolute Gasteiger partial charge is 0.274 e. The highest BCUT2D eigenvalue weighted by Gasteiger charge is 2.11. The monoisotopic (exact) mass is 309 g/mol. The first kappa shape index (κ1) is 13.1. The van der Waals surface area contributed by atoms with E-state index >= 15 is 0 Å². The van der Waals surface area contributed by atoms with Gasteiger partial charge in [0, 0.05) is 15.7 Å². The first-order valence-corrected chi connectivity index (χ1v) is 6.64. The second kappa shape index (κ2) is 5.54. The Labute approximate surface area is 114 Å². The highest BCUT2D eigenvalue weighted by Crippen LogP contribution is 2.14. The van der Waals surface area contributed by atoms with Gasteiger partial charge in [-0.1, -0.05) is 22.0 Å². The van der Waals surface area contributed by atoms with E-state index in [2.05, 4.69) is 26.3 Å². The van der Waals surface area contributed by atoms with Crippen LogP contribution in [0.15, 0.2) is 33.5 Å². The number of rotatable bonds is 4. The number of nitrogens with zero attached hydrogens (tertiary/aromatic N) is 1. The van der Waals surface area contributed by atoms with Crippen LogP contribution < -0.4 is 10.9 Å². The van der Waals surface area contributed by atoms with Crippen LogP contribution in [0.5, 0.6) is 0 Å². The van der Waals surface area contributed by atoms with Gasteiger partial charge in [-0.3, -0.25) is 9.89 Å². The standard InChI is InChI=1S/C13H16BrN3O/c1-9-12(6-7-15-2)13(18)17(16-9)11-5-3-4-10(14)8-11/h3-5,8,15-16H,6-7H2,1-2H3. The first-order valence-electron chi connectivity index (χ1n) is 5.84. The van der Waals surface area contributed by atoms with Gasteiger partial charge in [-0.15, -0.1) is 0 Å². The summed E-state index contributed by atoms with van der Waals surface area (Å²) >= 11 is 3.41. The van der Waals surface area contributed by atoms with E-state index in [0.717, 1.165) is 34.4 Å². The molecule has 1 heterocycles. The fraction of sp³-hybridized carbons (Fsp3) is 0.308. The molecular weight excluding hydrogens is 294 g/mol. The van der Waals surface area contributed by atoms with Gasteiger partial charge < -0.3 is 5.32 Å². The maximum atomic E-state index is 12.3. The van der Waals surface area contributed by atoms with E-state index in [1.807, 2.05) is 38.2 Å². The molecule has 18 heavy (non-hydrogen) atoms. The van der Waals surface area contributed by atoms with Crippen molar-refractivity contribution in [3.8, 4) is 5.69 Å². The van der Waals surface area contributed by atoms with Crippen LogP contribution in [-0.4, -0.2) is 23.4 Å². The molecule has 5 heteroatoms. The largest absolute Gasteiger partial charge is 0.319 e. The highest BCUT2D eigenvalue weighted by atomic mass is 79.9. The van der Waals surface area contributed by atoms with E-state index in [1.54, 1.807) is 4.68 Å². The SMILES string of the molecule is CNCCc1c(C)[nH]n(-c2cccc(Br)c2)c1=O. The molecule has 0 fully saturated rings. The molecule has 1 aromatic carbocycles. The number of halogens is 1. The summed E-state index contributed by atoms with van der Waals surface area (Å²) in [6, 6.07) is 7.67. The maximum absolute atomic E-state index is 12.3. The summed E-state index contributed by atoms with van der Waals surface area (Å²) in [5.74, 6) is 0. The minimum absolute atomic E-state index is 0.0286. The van der Waals surface area contributed by atoms with Crippen molar-refractivity contribution in [2.75, 3.05) is 13.6 Å². The van der Waals surface area contributed by atoms with Crippen molar-refractivity contribution < 1.29 is 0 Å². The number of aromatic amines is 1. The fourth-order valence-electron chi connectivity index (χ4n) is 1.92. The lowest BCUT2D eigenvalue weighted by atomic mass is 10.2. The summed E-state index contributed by atoms with van der Waals surface area (Å²) in [7, 11) is 1.88. The molecule has 1 aromatic heterocycles. The Balaban J connectivity index is 2.44. The number of aryl methyl sites for hydroxylation is 1. The molecule has 0 aliphatic rings. The van der Waals surface area contributed by atoms with Crippen LogP contribution in [0, 0.1) is 6.92 Å². The molecule has 96 valence electrons. The second-order valence-electron chi connectivity index (χ2n) is 4.19. The molecule has 0 spiro atoms. The van der Waals surface area contributed by atoms with Gasteiger partial charge >= 0.3 is 0 Å². The Kier molecular flexibility index (Phi) is 4.04. The molecule has 0 aliphatic carbocycles. The minimum Gasteiger partial charge on any atom is -0.319 e. The number of benzene rings is 1. The van der Waals surface area contributed by atoms with Gasteiger partial charge in [0.25, 0.3) is 5.56 Å². The molecule has 0 saturated carbocycles.